The van der Waals surface area contributed by atoms with Gasteiger partial charge < -0.3 is 5.32 Å². The Balaban J connectivity index is 2.14. The average molecular weight is 367 g/mol. The number of nitrogens with one attached hydrogen (secondary N) is 1. The number of hydrogen-bond donors (Lipinski definition) is 1. The maximum atomic E-state index is 12.3. The van der Waals surface area contributed by atoms with Crippen molar-refractivity contribution in [3.63, 3.8) is 0 Å². The first-order valence-corrected chi connectivity index (χ1v) is 10.8. The monoisotopic (exact) mass is 366 g/mol. The summed E-state index contributed by atoms with van der Waals surface area (Å²) in [6.07, 6.45) is 3.45. The van der Waals surface area contributed by atoms with Crippen molar-refractivity contribution >= 4 is 15.9 Å². The van der Waals surface area contributed by atoms with Gasteiger partial charge in [-0.2, -0.15) is 0 Å². The van der Waals surface area contributed by atoms with Crippen LogP contribution >= 0.6 is 0 Å². The first-order chi connectivity index (χ1) is 11.9. The van der Waals surface area contributed by atoms with Crippen molar-refractivity contribution in [2.45, 2.75) is 51.4 Å². The Kier molecular flexibility index (Phi) is 7.02. The van der Waals surface area contributed by atoms with Gasteiger partial charge in [0, 0.05) is 31.5 Å². The smallest absolute Gasteiger partial charge is 0.220 e. The summed E-state index contributed by atoms with van der Waals surface area (Å²) in [5.41, 5.74) is 0.988. The van der Waals surface area contributed by atoms with Crippen LogP contribution in [-0.4, -0.2) is 44.0 Å². The predicted molar refractivity (Wildman–Crippen MR) is 101 cm³/mol. The molecule has 25 heavy (non-hydrogen) atoms. The molecule has 1 aromatic rings. The highest BCUT2D eigenvalue weighted by molar-refractivity contribution is 7.89. The summed E-state index contributed by atoms with van der Waals surface area (Å²) in [7, 11) is -3.16. The van der Waals surface area contributed by atoms with Crippen LogP contribution in [0.3, 0.4) is 0 Å². The number of benzene rings is 1. The highest BCUT2D eigenvalue weighted by atomic mass is 32.2. The first-order valence-electron chi connectivity index (χ1n) is 9.23. The summed E-state index contributed by atoms with van der Waals surface area (Å²) in [4.78, 5) is 12.0. The van der Waals surface area contributed by atoms with Gasteiger partial charge in [-0.3, -0.25) is 4.79 Å². The molecular weight excluding hydrogens is 336 g/mol. The molecule has 1 aliphatic rings. The topological polar surface area (TPSA) is 66.5 Å². The molecule has 2 rings (SSSR count). The normalized spacial score (nSPS) is 18.0. The van der Waals surface area contributed by atoms with E-state index in [1.807, 2.05) is 32.0 Å². The molecule has 0 atom stereocenters. The van der Waals surface area contributed by atoms with Crippen LogP contribution in [0.5, 0.6) is 0 Å². The average Bonchev–Trinajstić information content (AvgIpc) is 2.61. The fourth-order valence-corrected chi connectivity index (χ4v) is 5.03. The van der Waals surface area contributed by atoms with Gasteiger partial charge in [0.1, 0.15) is 0 Å². The third kappa shape index (κ3) is 5.05. The fraction of sp³-hybridized carbons (Fsp3) is 0.632. The minimum atomic E-state index is -3.16. The molecule has 1 fully saturated rings. The highest BCUT2D eigenvalue weighted by Crippen LogP contribution is 2.36. The van der Waals surface area contributed by atoms with Crippen molar-refractivity contribution in [2.75, 3.05) is 25.4 Å². The van der Waals surface area contributed by atoms with E-state index in [0.29, 0.717) is 32.5 Å². The van der Waals surface area contributed by atoms with E-state index < -0.39 is 10.0 Å². The Morgan fingerprint density at radius 1 is 1.12 bits per heavy atom. The van der Waals surface area contributed by atoms with Crippen molar-refractivity contribution in [1.82, 2.24) is 9.62 Å². The lowest BCUT2D eigenvalue weighted by Gasteiger charge is -2.42. The first kappa shape index (κ1) is 19.9. The molecule has 0 aliphatic carbocycles. The number of sulfonamides is 1. The van der Waals surface area contributed by atoms with Gasteiger partial charge in [-0.1, -0.05) is 44.2 Å². The molecule has 1 heterocycles. The summed E-state index contributed by atoms with van der Waals surface area (Å²) in [5, 5.41) is 3.06. The maximum Gasteiger partial charge on any atom is 0.220 e. The second kappa shape index (κ2) is 8.81. The summed E-state index contributed by atoms with van der Waals surface area (Å²) in [6.45, 7) is 5.47. The SMILES string of the molecule is CCCC(=O)NCC1(c2ccccc2)CCN(S(=O)(=O)CCC)CC1. The van der Waals surface area contributed by atoms with E-state index >= 15 is 0 Å². The van der Waals surface area contributed by atoms with Crippen LogP contribution in [0.4, 0.5) is 0 Å². The van der Waals surface area contributed by atoms with Gasteiger partial charge in [-0.15, -0.1) is 0 Å². The zero-order chi connectivity index (χ0) is 18.3. The van der Waals surface area contributed by atoms with Crippen molar-refractivity contribution in [3.05, 3.63) is 35.9 Å². The molecule has 1 saturated heterocycles. The van der Waals surface area contributed by atoms with Crippen LogP contribution in [0.2, 0.25) is 0 Å². The molecule has 0 bridgehead atoms. The minimum absolute atomic E-state index is 0.0684. The lowest BCUT2D eigenvalue weighted by atomic mass is 9.73. The molecule has 5 nitrogen and oxygen atoms in total. The van der Waals surface area contributed by atoms with Gasteiger partial charge in [0.2, 0.25) is 15.9 Å². The van der Waals surface area contributed by atoms with E-state index in [4.69, 9.17) is 0 Å². The largest absolute Gasteiger partial charge is 0.355 e. The van der Waals surface area contributed by atoms with Gasteiger partial charge in [0.25, 0.3) is 0 Å². The van der Waals surface area contributed by atoms with Crippen LogP contribution in [0.15, 0.2) is 30.3 Å². The van der Waals surface area contributed by atoms with Gasteiger partial charge in [0.05, 0.1) is 5.75 Å². The van der Waals surface area contributed by atoms with Gasteiger partial charge in [0.15, 0.2) is 0 Å². The van der Waals surface area contributed by atoms with Crippen LogP contribution < -0.4 is 5.32 Å². The Hall–Kier alpha value is -1.40. The van der Waals surface area contributed by atoms with Crippen molar-refractivity contribution in [1.29, 1.82) is 0 Å². The van der Waals surface area contributed by atoms with Crippen LogP contribution in [0.1, 0.15) is 51.5 Å². The van der Waals surface area contributed by atoms with Crippen LogP contribution in [-0.2, 0) is 20.2 Å². The second-order valence-electron chi connectivity index (χ2n) is 6.89. The van der Waals surface area contributed by atoms with E-state index in [-0.39, 0.29) is 17.1 Å². The van der Waals surface area contributed by atoms with Gasteiger partial charge in [-0.05, 0) is 31.2 Å². The molecule has 1 N–H and O–H groups in total. The standard InChI is InChI=1S/C19H30N2O3S/c1-3-8-18(22)20-16-19(17-9-6-5-7-10-17)11-13-21(14-12-19)25(23,24)15-4-2/h5-7,9-10H,3-4,8,11-16H2,1-2H3,(H,20,22). The van der Waals surface area contributed by atoms with Crippen LogP contribution in [0, 0.1) is 0 Å². The summed E-state index contributed by atoms with van der Waals surface area (Å²) >= 11 is 0. The zero-order valence-corrected chi connectivity index (χ0v) is 16.1. The Morgan fingerprint density at radius 2 is 1.76 bits per heavy atom. The quantitative estimate of drug-likeness (QED) is 0.769. The van der Waals surface area contributed by atoms with Gasteiger partial charge in [-0.25, -0.2) is 12.7 Å². The number of nitrogens with zero attached hydrogens (tertiary/aromatic N) is 1. The fourth-order valence-electron chi connectivity index (χ4n) is 3.52. The molecule has 140 valence electrons. The molecule has 0 spiro atoms. The van der Waals surface area contributed by atoms with E-state index in [9.17, 15) is 13.2 Å². The molecule has 1 aromatic carbocycles. The van der Waals surface area contributed by atoms with E-state index in [2.05, 4.69) is 17.4 Å². The molecule has 1 aliphatic heterocycles. The number of carbonyl (C=O) groups excluding carboxylic acids is 1. The molecule has 0 unspecified atom stereocenters. The molecule has 0 aromatic heterocycles. The Labute approximate surface area is 151 Å². The number of hydrogen-bond acceptors (Lipinski definition) is 3. The third-order valence-electron chi connectivity index (χ3n) is 5.02. The number of carbonyl (C=O) groups is 1. The van der Waals surface area contributed by atoms with Crippen molar-refractivity contribution in [3.8, 4) is 0 Å². The van der Waals surface area contributed by atoms with E-state index in [1.165, 1.54) is 5.56 Å². The Morgan fingerprint density at radius 3 is 2.32 bits per heavy atom. The molecule has 1 amide bonds. The second-order valence-corrected chi connectivity index (χ2v) is 8.98. The highest BCUT2D eigenvalue weighted by Gasteiger charge is 2.39. The molecular formula is C19H30N2O3S. The predicted octanol–water partition coefficient (Wildman–Crippen LogP) is 2.68. The van der Waals surface area contributed by atoms with Crippen molar-refractivity contribution < 1.29 is 13.2 Å². The third-order valence-corrected chi connectivity index (χ3v) is 7.10. The summed E-state index contributed by atoms with van der Waals surface area (Å²) in [5.74, 6) is 0.275. The maximum absolute atomic E-state index is 12.3. The summed E-state index contributed by atoms with van der Waals surface area (Å²) < 4.78 is 26.3. The number of rotatable bonds is 8. The van der Waals surface area contributed by atoms with Crippen LogP contribution in [0.25, 0.3) is 0 Å². The lowest BCUT2D eigenvalue weighted by molar-refractivity contribution is -0.121. The number of piperidine rings is 1. The van der Waals surface area contributed by atoms with E-state index in [0.717, 1.165) is 19.3 Å². The lowest BCUT2D eigenvalue weighted by Crippen LogP contribution is -2.50. The molecule has 6 heteroatoms. The van der Waals surface area contributed by atoms with Crippen molar-refractivity contribution in [2.24, 2.45) is 0 Å². The summed E-state index contributed by atoms with van der Waals surface area (Å²) in [6, 6.07) is 10.2. The van der Waals surface area contributed by atoms with E-state index in [1.54, 1.807) is 4.31 Å². The molecule has 0 radical (unpaired) electrons. The van der Waals surface area contributed by atoms with Gasteiger partial charge >= 0.3 is 0 Å². The number of amides is 1. The zero-order valence-electron chi connectivity index (χ0n) is 15.3. The Bertz CT molecular complexity index is 651. The minimum Gasteiger partial charge on any atom is -0.355 e. The molecule has 0 saturated carbocycles.